The molecule has 58 valence electrons. The van der Waals surface area contributed by atoms with Gasteiger partial charge in [-0.15, -0.1) is 0 Å². The van der Waals surface area contributed by atoms with Crippen LogP contribution in [0.25, 0.3) is 0 Å². The van der Waals surface area contributed by atoms with Gasteiger partial charge in [-0.2, -0.15) is 0 Å². The van der Waals surface area contributed by atoms with Crippen molar-refractivity contribution in [1.29, 1.82) is 0 Å². The normalized spacial score (nSPS) is 53.1. The second-order valence-corrected chi connectivity index (χ2v) is 4.16. The first-order chi connectivity index (χ1) is 4.71. The molecule has 0 heterocycles. The van der Waals surface area contributed by atoms with E-state index in [0.717, 1.165) is 23.3 Å². The van der Waals surface area contributed by atoms with E-state index in [2.05, 4.69) is 26.2 Å². The van der Waals surface area contributed by atoms with Crippen LogP contribution in [0, 0.1) is 17.3 Å². The molecule has 2 saturated carbocycles. The number of hydrogen-bond acceptors (Lipinski definition) is 1. The Labute approximate surface area is 63.2 Å². The molecule has 0 spiro atoms. The van der Waals surface area contributed by atoms with Crippen LogP contribution in [0.15, 0.2) is 0 Å². The van der Waals surface area contributed by atoms with E-state index in [-0.39, 0.29) is 0 Å². The molecule has 2 rings (SSSR count). The molecule has 4 unspecified atom stereocenters. The van der Waals surface area contributed by atoms with Crippen molar-refractivity contribution in [3.05, 3.63) is 0 Å². The standard InChI is InChI=1S/C9H17N/c1-6-4-8-5-9(6,8)7(2)10-3/h6-8,10H,4-5H2,1-3H3. The zero-order valence-electron chi connectivity index (χ0n) is 7.15. The van der Waals surface area contributed by atoms with Crippen molar-refractivity contribution in [2.24, 2.45) is 17.3 Å². The van der Waals surface area contributed by atoms with Crippen molar-refractivity contribution in [3.63, 3.8) is 0 Å². The first kappa shape index (κ1) is 6.66. The summed E-state index contributed by atoms with van der Waals surface area (Å²) in [6, 6.07) is 0.751. The summed E-state index contributed by atoms with van der Waals surface area (Å²) < 4.78 is 0. The minimum Gasteiger partial charge on any atom is -0.317 e. The predicted molar refractivity (Wildman–Crippen MR) is 42.8 cm³/mol. The number of nitrogens with one attached hydrogen (secondary N) is 1. The Kier molecular flexibility index (Phi) is 1.17. The van der Waals surface area contributed by atoms with E-state index in [9.17, 15) is 0 Å². The van der Waals surface area contributed by atoms with Gasteiger partial charge in [0.05, 0.1) is 0 Å². The summed E-state index contributed by atoms with van der Waals surface area (Å²) >= 11 is 0. The van der Waals surface area contributed by atoms with E-state index in [1.165, 1.54) is 12.8 Å². The van der Waals surface area contributed by atoms with Crippen molar-refractivity contribution in [3.8, 4) is 0 Å². The van der Waals surface area contributed by atoms with E-state index in [1.54, 1.807) is 0 Å². The van der Waals surface area contributed by atoms with E-state index in [4.69, 9.17) is 0 Å². The van der Waals surface area contributed by atoms with Crippen molar-refractivity contribution in [1.82, 2.24) is 5.32 Å². The molecule has 2 aliphatic carbocycles. The summed E-state index contributed by atoms with van der Waals surface area (Å²) in [4.78, 5) is 0. The lowest BCUT2D eigenvalue weighted by atomic mass is 9.70. The molecule has 0 amide bonds. The molecule has 4 atom stereocenters. The lowest BCUT2D eigenvalue weighted by Crippen LogP contribution is -2.42. The van der Waals surface area contributed by atoms with Crippen LogP contribution in [0.2, 0.25) is 0 Å². The van der Waals surface area contributed by atoms with Gasteiger partial charge < -0.3 is 5.32 Å². The minimum atomic E-state index is 0.745. The topological polar surface area (TPSA) is 12.0 Å². The molecule has 2 aliphatic rings. The molecule has 0 aromatic carbocycles. The van der Waals surface area contributed by atoms with Crippen LogP contribution in [0.5, 0.6) is 0 Å². The molecule has 0 radical (unpaired) electrons. The second-order valence-electron chi connectivity index (χ2n) is 4.16. The van der Waals surface area contributed by atoms with Gasteiger partial charge in [-0.25, -0.2) is 0 Å². The zero-order valence-corrected chi connectivity index (χ0v) is 7.15. The number of rotatable bonds is 2. The summed E-state index contributed by atoms with van der Waals surface area (Å²) in [5.74, 6) is 2.07. The minimum absolute atomic E-state index is 0.745. The fraction of sp³-hybridized carbons (Fsp3) is 1.00. The van der Waals surface area contributed by atoms with Gasteiger partial charge in [-0.3, -0.25) is 0 Å². The summed E-state index contributed by atoms with van der Waals surface area (Å²) in [6.45, 7) is 4.73. The maximum absolute atomic E-state index is 3.38. The molecular weight excluding hydrogens is 122 g/mol. The molecule has 0 bridgehead atoms. The first-order valence-corrected chi connectivity index (χ1v) is 4.39. The Hall–Kier alpha value is -0.0400. The molecule has 0 saturated heterocycles. The first-order valence-electron chi connectivity index (χ1n) is 4.39. The van der Waals surface area contributed by atoms with Crippen LogP contribution in [-0.2, 0) is 0 Å². The summed E-state index contributed by atoms with van der Waals surface area (Å²) in [5.41, 5.74) is 0.745. The van der Waals surface area contributed by atoms with Gasteiger partial charge in [0.1, 0.15) is 0 Å². The SMILES string of the molecule is CNC(C)C12CC1CC2C. The zero-order chi connectivity index (χ0) is 7.35. The van der Waals surface area contributed by atoms with Gasteiger partial charge >= 0.3 is 0 Å². The quantitative estimate of drug-likeness (QED) is 0.613. The summed E-state index contributed by atoms with van der Waals surface area (Å²) in [6.07, 6.45) is 2.99. The van der Waals surface area contributed by atoms with Crippen LogP contribution in [0.3, 0.4) is 0 Å². The van der Waals surface area contributed by atoms with E-state index < -0.39 is 0 Å². The Morgan fingerprint density at radius 2 is 2.30 bits per heavy atom. The van der Waals surface area contributed by atoms with Crippen LogP contribution >= 0.6 is 0 Å². The fourth-order valence-electron chi connectivity index (χ4n) is 2.99. The van der Waals surface area contributed by atoms with Gasteiger partial charge in [-0.05, 0) is 44.1 Å². The molecule has 0 aromatic heterocycles. The van der Waals surface area contributed by atoms with Crippen LogP contribution in [-0.4, -0.2) is 13.1 Å². The van der Waals surface area contributed by atoms with E-state index >= 15 is 0 Å². The number of hydrogen-bond donors (Lipinski definition) is 1. The maximum Gasteiger partial charge on any atom is 0.00975 e. The largest absolute Gasteiger partial charge is 0.317 e. The highest BCUT2D eigenvalue weighted by atomic mass is 14.9. The van der Waals surface area contributed by atoms with Gasteiger partial charge in [0.25, 0.3) is 0 Å². The molecule has 0 aromatic rings. The molecule has 1 nitrogen and oxygen atoms in total. The Balaban J connectivity index is 2.05. The molecule has 1 heteroatoms. The number of fused-ring (bicyclic) bond motifs is 1. The molecule has 1 N–H and O–H groups in total. The van der Waals surface area contributed by atoms with Crippen LogP contribution < -0.4 is 5.32 Å². The van der Waals surface area contributed by atoms with Gasteiger partial charge in [0.15, 0.2) is 0 Å². The van der Waals surface area contributed by atoms with Gasteiger partial charge in [-0.1, -0.05) is 6.92 Å². The average molecular weight is 139 g/mol. The smallest absolute Gasteiger partial charge is 0.00975 e. The fourth-order valence-corrected chi connectivity index (χ4v) is 2.99. The van der Waals surface area contributed by atoms with E-state index in [1.807, 2.05) is 0 Å². The third-order valence-corrected chi connectivity index (χ3v) is 3.99. The highest BCUT2D eigenvalue weighted by molar-refractivity contribution is 5.18. The van der Waals surface area contributed by atoms with Crippen molar-refractivity contribution < 1.29 is 0 Å². The highest BCUT2D eigenvalue weighted by Gasteiger charge is 2.67. The Morgan fingerprint density at radius 3 is 2.50 bits per heavy atom. The average Bonchev–Trinajstić information content (AvgIpc) is 2.55. The van der Waals surface area contributed by atoms with Gasteiger partial charge in [0.2, 0.25) is 0 Å². The van der Waals surface area contributed by atoms with Crippen LogP contribution in [0.1, 0.15) is 26.7 Å². The lowest BCUT2D eigenvalue weighted by molar-refractivity contribution is 0.132. The summed E-state index contributed by atoms with van der Waals surface area (Å²) in [5, 5.41) is 3.38. The third-order valence-electron chi connectivity index (χ3n) is 3.99. The third kappa shape index (κ3) is 0.531. The van der Waals surface area contributed by atoms with Gasteiger partial charge in [0, 0.05) is 6.04 Å². The highest BCUT2D eigenvalue weighted by Crippen LogP contribution is 2.72. The second kappa shape index (κ2) is 1.76. The molecule has 10 heavy (non-hydrogen) atoms. The monoisotopic (exact) mass is 139 g/mol. The Morgan fingerprint density at radius 1 is 1.60 bits per heavy atom. The summed E-state index contributed by atoms with van der Waals surface area (Å²) in [7, 11) is 2.08. The maximum atomic E-state index is 3.38. The van der Waals surface area contributed by atoms with Crippen molar-refractivity contribution in [2.75, 3.05) is 7.05 Å². The van der Waals surface area contributed by atoms with Crippen molar-refractivity contribution >= 4 is 0 Å². The molecule has 2 fully saturated rings. The molecule has 0 aliphatic heterocycles. The molecular formula is C9H17N. The van der Waals surface area contributed by atoms with E-state index in [0.29, 0.717) is 0 Å². The lowest BCUT2D eigenvalue weighted by Gasteiger charge is -2.38. The predicted octanol–water partition coefficient (Wildman–Crippen LogP) is 1.64. The Bertz CT molecular complexity index is 155. The van der Waals surface area contributed by atoms with Crippen LogP contribution in [0.4, 0.5) is 0 Å². The van der Waals surface area contributed by atoms with Crippen molar-refractivity contribution in [2.45, 2.75) is 32.7 Å².